The van der Waals surface area contributed by atoms with Crippen LogP contribution in [0.1, 0.15) is 5.69 Å². The first-order chi connectivity index (χ1) is 5.57. The van der Waals surface area contributed by atoms with E-state index in [1.807, 2.05) is 48.4 Å². The molecule has 0 N–H and O–H groups in total. The number of hydrogen-bond acceptors (Lipinski definition) is 2. The molecule has 12 heavy (non-hydrogen) atoms. The van der Waals surface area contributed by atoms with Gasteiger partial charge in [0.15, 0.2) is 0 Å². The van der Waals surface area contributed by atoms with E-state index in [1.54, 1.807) is 0 Å². The minimum absolute atomic E-state index is 0.668. The summed E-state index contributed by atoms with van der Waals surface area (Å²) in [5.41, 5.74) is 0.668. The van der Waals surface area contributed by atoms with Gasteiger partial charge in [0.05, 0.1) is 28.2 Å². The molecule has 4 heteroatoms. The molecule has 0 aliphatic heterocycles. The van der Waals surface area contributed by atoms with Gasteiger partial charge in [0, 0.05) is 0 Å². The molecule has 0 aliphatic carbocycles. The summed E-state index contributed by atoms with van der Waals surface area (Å²) in [4.78, 5) is 1.97. The van der Waals surface area contributed by atoms with Gasteiger partial charge in [-0.1, -0.05) is 0 Å². The third-order valence-corrected chi connectivity index (χ3v) is 1.81. The number of nitrogens with zero attached hydrogens (tertiary/aromatic N) is 4. The number of rotatable bonds is 1. The smallest absolute Gasteiger partial charge is 0.270 e. The first-order valence-corrected chi connectivity index (χ1v) is 3.70. The molecule has 1 aromatic rings. The molecule has 0 amide bonds. The Bertz CT molecular complexity index is 330. The standard InChI is InChI=1S/C8H13N4/c1-10(2)8-11(3)6-7(5-9)12(8)4/h6H,1-4H3/q+1. The van der Waals surface area contributed by atoms with Gasteiger partial charge in [0.25, 0.3) is 0 Å². The van der Waals surface area contributed by atoms with Gasteiger partial charge in [-0.05, 0) is 0 Å². The van der Waals surface area contributed by atoms with Crippen LogP contribution in [0.3, 0.4) is 0 Å². The van der Waals surface area contributed by atoms with Crippen molar-refractivity contribution in [1.29, 1.82) is 5.26 Å². The molecule has 0 atom stereocenters. The van der Waals surface area contributed by atoms with Gasteiger partial charge in [-0.2, -0.15) is 5.26 Å². The minimum Gasteiger partial charge on any atom is -0.270 e. The topological polar surface area (TPSA) is 35.8 Å². The number of imidazole rings is 1. The average molecular weight is 165 g/mol. The first-order valence-electron chi connectivity index (χ1n) is 3.70. The molecule has 0 saturated carbocycles. The Kier molecular flexibility index (Phi) is 2.05. The van der Waals surface area contributed by atoms with Crippen LogP contribution in [0.5, 0.6) is 0 Å². The van der Waals surface area contributed by atoms with Crippen LogP contribution in [0.25, 0.3) is 0 Å². The van der Waals surface area contributed by atoms with Gasteiger partial charge in [-0.3, -0.25) is 4.90 Å². The number of aromatic nitrogens is 2. The van der Waals surface area contributed by atoms with Crippen LogP contribution in [-0.4, -0.2) is 18.7 Å². The highest BCUT2D eigenvalue weighted by molar-refractivity contribution is 5.29. The molecule has 0 saturated heterocycles. The molecule has 1 rings (SSSR count). The van der Waals surface area contributed by atoms with Gasteiger partial charge in [-0.15, -0.1) is 0 Å². The second kappa shape index (κ2) is 2.86. The second-order valence-corrected chi connectivity index (χ2v) is 2.99. The number of aryl methyl sites for hydroxylation is 1. The van der Waals surface area contributed by atoms with Crippen LogP contribution in [-0.2, 0) is 14.1 Å². The Morgan fingerprint density at radius 3 is 2.42 bits per heavy atom. The van der Waals surface area contributed by atoms with Gasteiger partial charge >= 0.3 is 5.95 Å². The summed E-state index contributed by atoms with van der Waals surface area (Å²) in [5, 5.41) is 8.74. The summed E-state index contributed by atoms with van der Waals surface area (Å²) in [6, 6.07) is 2.13. The zero-order valence-electron chi connectivity index (χ0n) is 7.87. The molecule has 0 radical (unpaired) electrons. The Hall–Kier alpha value is -1.50. The molecular weight excluding hydrogens is 152 g/mol. The van der Waals surface area contributed by atoms with Crippen LogP contribution >= 0.6 is 0 Å². The number of nitriles is 1. The van der Waals surface area contributed by atoms with E-state index in [4.69, 9.17) is 5.26 Å². The van der Waals surface area contributed by atoms with E-state index < -0.39 is 0 Å². The zero-order valence-corrected chi connectivity index (χ0v) is 7.87. The molecule has 0 aromatic carbocycles. The first kappa shape index (κ1) is 8.60. The number of anilines is 1. The third-order valence-electron chi connectivity index (χ3n) is 1.81. The molecule has 0 fully saturated rings. The fraction of sp³-hybridized carbons (Fsp3) is 0.500. The highest BCUT2D eigenvalue weighted by Crippen LogP contribution is 2.06. The van der Waals surface area contributed by atoms with Crippen molar-refractivity contribution >= 4 is 5.95 Å². The van der Waals surface area contributed by atoms with E-state index in [2.05, 4.69) is 6.07 Å². The second-order valence-electron chi connectivity index (χ2n) is 2.99. The molecule has 4 nitrogen and oxygen atoms in total. The maximum Gasteiger partial charge on any atom is 0.359 e. The molecule has 0 spiro atoms. The minimum atomic E-state index is 0.668. The quantitative estimate of drug-likeness (QED) is 0.540. The van der Waals surface area contributed by atoms with Crippen molar-refractivity contribution in [1.82, 2.24) is 4.57 Å². The van der Waals surface area contributed by atoms with Crippen LogP contribution in [0.2, 0.25) is 0 Å². The molecule has 0 aliphatic rings. The molecule has 1 aromatic heterocycles. The zero-order chi connectivity index (χ0) is 9.30. The SMILES string of the molecule is CN(C)c1n(C)c(C#N)c[n+]1C. The summed E-state index contributed by atoms with van der Waals surface area (Å²) >= 11 is 0. The van der Waals surface area contributed by atoms with Crippen molar-refractivity contribution < 1.29 is 4.57 Å². The van der Waals surface area contributed by atoms with E-state index in [0.29, 0.717) is 5.69 Å². The van der Waals surface area contributed by atoms with E-state index in [0.717, 1.165) is 5.95 Å². The number of hydrogen-bond donors (Lipinski definition) is 0. The van der Waals surface area contributed by atoms with Crippen LogP contribution < -0.4 is 9.47 Å². The summed E-state index contributed by atoms with van der Waals surface area (Å²) in [7, 11) is 7.72. The van der Waals surface area contributed by atoms with Crippen molar-refractivity contribution in [2.75, 3.05) is 19.0 Å². The van der Waals surface area contributed by atoms with Crippen molar-refractivity contribution in [3.63, 3.8) is 0 Å². The predicted molar refractivity (Wildman–Crippen MR) is 45.6 cm³/mol. The average Bonchev–Trinajstić information content (AvgIpc) is 2.25. The summed E-state index contributed by atoms with van der Waals surface area (Å²) in [5.74, 6) is 1.01. The van der Waals surface area contributed by atoms with Crippen molar-refractivity contribution in [3.8, 4) is 6.07 Å². The summed E-state index contributed by atoms with van der Waals surface area (Å²) in [6.45, 7) is 0. The normalized spacial score (nSPS) is 9.58. The van der Waals surface area contributed by atoms with E-state index >= 15 is 0 Å². The lowest BCUT2D eigenvalue weighted by molar-refractivity contribution is -0.657. The molecule has 0 bridgehead atoms. The highest BCUT2D eigenvalue weighted by Gasteiger charge is 2.18. The van der Waals surface area contributed by atoms with Crippen molar-refractivity contribution in [3.05, 3.63) is 11.9 Å². The fourth-order valence-corrected chi connectivity index (χ4v) is 1.39. The maximum atomic E-state index is 8.74. The van der Waals surface area contributed by atoms with Gasteiger partial charge in [-0.25, -0.2) is 9.13 Å². The molecule has 64 valence electrons. The van der Waals surface area contributed by atoms with E-state index in [1.165, 1.54) is 0 Å². The molecule has 0 unspecified atom stereocenters. The Labute approximate surface area is 72.3 Å². The Morgan fingerprint density at radius 2 is 2.17 bits per heavy atom. The van der Waals surface area contributed by atoms with Gasteiger partial charge in [0.1, 0.15) is 12.3 Å². The Morgan fingerprint density at radius 1 is 1.58 bits per heavy atom. The summed E-state index contributed by atoms with van der Waals surface area (Å²) < 4.78 is 3.79. The van der Waals surface area contributed by atoms with Crippen LogP contribution in [0.15, 0.2) is 6.20 Å². The lowest BCUT2D eigenvalue weighted by Crippen LogP contribution is -2.34. The lowest BCUT2D eigenvalue weighted by atomic mass is 10.5. The fourth-order valence-electron chi connectivity index (χ4n) is 1.39. The molecular formula is C8H13N4+. The summed E-state index contributed by atoms with van der Waals surface area (Å²) in [6.07, 6.45) is 1.81. The monoisotopic (exact) mass is 165 g/mol. The largest absolute Gasteiger partial charge is 0.359 e. The molecule has 1 heterocycles. The van der Waals surface area contributed by atoms with Crippen molar-refractivity contribution in [2.45, 2.75) is 0 Å². The van der Waals surface area contributed by atoms with Gasteiger partial charge < -0.3 is 0 Å². The highest BCUT2D eigenvalue weighted by atomic mass is 15.3. The predicted octanol–water partition coefficient (Wildman–Crippen LogP) is -0.213. The van der Waals surface area contributed by atoms with Crippen LogP contribution in [0.4, 0.5) is 5.95 Å². The van der Waals surface area contributed by atoms with E-state index in [-0.39, 0.29) is 0 Å². The van der Waals surface area contributed by atoms with Crippen molar-refractivity contribution in [2.24, 2.45) is 14.1 Å². The lowest BCUT2D eigenvalue weighted by Gasteiger charge is -2.05. The van der Waals surface area contributed by atoms with Crippen LogP contribution in [0, 0.1) is 11.3 Å². The third kappa shape index (κ3) is 1.14. The Balaban J connectivity index is 3.31. The van der Waals surface area contributed by atoms with Gasteiger partial charge in [0.2, 0.25) is 5.69 Å². The maximum absolute atomic E-state index is 8.74. The van der Waals surface area contributed by atoms with E-state index in [9.17, 15) is 0 Å².